The zero-order valence-electron chi connectivity index (χ0n) is 19.5. The van der Waals surface area contributed by atoms with E-state index in [1.807, 2.05) is 24.3 Å². The maximum absolute atomic E-state index is 12.2. The number of carboxylic acid groups (broad SMARTS) is 1. The highest BCUT2D eigenvalue weighted by Gasteiger charge is 2.28. The van der Waals surface area contributed by atoms with Crippen LogP contribution in [0.15, 0.2) is 48.5 Å². The molecule has 0 aromatic heterocycles. The molecule has 0 saturated heterocycles. The Hall–Kier alpha value is -3.88. The number of benzene rings is 2. The lowest BCUT2D eigenvalue weighted by Gasteiger charge is -2.14. The first-order valence-electron chi connectivity index (χ1n) is 11.8. The molecule has 0 atom stereocenters. The van der Waals surface area contributed by atoms with Gasteiger partial charge in [-0.25, -0.2) is 4.79 Å². The Morgan fingerprint density at radius 1 is 0.743 bits per heavy atom. The van der Waals surface area contributed by atoms with Crippen LogP contribution in [-0.4, -0.2) is 55.2 Å². The van der Waals surface area contributed by atoms with Crippen LogP contribution in [0.1, 0.15) is 49.1 Å². The first-order valence-corrected chi connectivity index (χ1v) is 11.8. The van der Waals surface area contributed by atoms with Gasteiger partial charge >= 0.3 is 12.1 Å². The summed E-state index contributed by atoms with van der Waals surface area (Å²) in [5.74, 6) is -1.91. The summed E-state index contributed by atoms with van der Waals surface area (Å²) < 4.78 is 5.51. The third-order valence-corrected chi connectivity index (χ3v) is 5.83. The van der Waals surface area contributed by atoms with Gasteiger partial charge in [-0.3, -0.25) is 14.4 Å². The molecule has 0 radical (unpaired) electrons. The van der Waals surface area contributed by atoms with Crippen LogP contribution in [0.5, 0.6) is 0 Å². The average molecular weight is 482 g/mol. The number of carbonyl (C=O) groups excluding carboxylic acids is 3. The van der Waals surface area contributed by atoms with Crippen molar-refractivity contribution in [2.45, 2.75) is 38.0 Å². The summed E-state index contributed by atoms with van der Waals surface area (Å²) in [5, 5.41) is 15.9. The molecule has 0 bridgehead atoms. The molecule has 0 spiro atoms. The van der Waals surface area contributed by atoms with Crippen molar-refractivity contribution in [1.82, 2.24) is 16.0 Å². The van der Waals surface area contributed by atoms with Crippen molar-refractivity contribution in [3.8, 4) is 11.1 Å². The number of rotatable bonds is 13. The van der Waals surface area contributed by atoms with E-state index in [0.29, 0.717) is 13.0 Å². The molecule has 9 nitrogen and oxygen atoms in total. The molecule has 1 aliphatic carbocycles. The van der Waals surface area contributed by atoms with Crippen molar-refractivity contribution in [2.24, 2.45) is 0 Å². The quantitative estimate of drug-likeness (QED) is 0.325. The number of aliphatic carboxylic acids is 1. The summed E-state index contributed by atoms with van der Waals surface area (Å²) in [6.45, 7) is 0.0604. The second-order valence-corrected chi connectivity index (χ2v) is 8.36. The molecule has 9 heteroatoms. The van der Waals surface area contributed by atoms with E-state index < -0.39 is 24.5 Å². The van der Waals surface area contributed by atoms with Crippen molar-refractivity contribution >= 4 is 23.9 Å². The van der Waals surface area contributed by atoms with Crippen LogP contribution in [0, 0.1) is 0 Å². The van der Waals surface area contributed by atoms with Crippen molar-refractivity contribution < 1.29 is 29.0 Å². The second kappa shape index (κ2) is 13.1. The molecule has 2 aromatic rings. The zero-order chi connectivity index (χ0) is 25.0. The third kappa shape index (κ3) is 7.84. The maximum atomic E-state index is 12.2. The van der Waals surface area contributed by atoms with Crippen molar-refractivity contribution in [3.63, 3.8) is 0 Å². The highest BCUT2D eigenvalue weighted by molar-refractivity contribution is 5.86. The van der Waals surface area contributed by atoms with Gasteiger partial charge < -0.3 is 25.8 Å². The highest BCUT2D eigenvalue weighted by Crippen LogP contribution is 2.44. The van der Waals surface area contributed by atoms with Crippen LogP contribution in [0.4, 0.5) is 4.79 Å². The van der Waals surface area contributed by atoms with Gasteiger partial charge in [-0.05, 0) is 35.1 Å². The molecule has 0 fully saturated rings. The topological polar surface area (TPSA) is 134 Å². The predicted octanol–water partition coefficient (Wildman–Crippen LogP) is 2.79. The SMILES string of the molecule is O=C(O)CNC(=O)CNC(=O)CCCCCCNC(=O)OCC1c2ccccc2-c2ccccc21. The summed E-state index contributed by atoms with van der Waals surface area (Å²) >= 11 is 0. The fourth-order valence-electron chi connectivity index (χ4n) is 4.11. The Labute approximate surface area is 204 Å². The van der Waals surface area contributed by atoms with E-state index in [1.54, 1.807) is 0 Å². The third-order valence-electron chi connectivity index (χ3n) is 5.83. The van der Waals surface area contributed by atoms with E-state index in [2.05, 4.69) is 40.2 Å². The number of carboxylic acids is 1. The largest absolute Gasteiger partial charge is 0.480 e. The van der Waals surface area contributed by atoms with Gasteiger partial charge in [0.1, 0.15) is 13.2 Å². The number of amides is 3. The second-order valence-electron chi connectivity index (χ2n) is 8.36. The van der Waals surface area contributed by atoms with Gasteiger partial charge in [0.15, 0.2) is 0 Å². The number of alkyl carbamates (subject to hydrolysis) is 1. The highest BCUT2D eigenvalue weighted by atomic mass is 16.5. The summed E-state index contributed by atoms with van der Waals surface area (Å²) in [6.07, 6.45) is 2.93. The molecule has 2 aromatic carbocycles. The monoisotopic (exact) mass is 481 g/mol. The minimum atomic E-state index is -1.14. The van der Waals surface area contributed by atoms with Crippen LogP contribution in [0.3, 0.4) is 0 Å². The Bertz CT molecular complexity index is 1010. The molecule has 0 saturated carbocycles. The Morgan fingerprint density at radius 2 is 1.34 bits per heavy atom. The van der Waals surface area contributed by atoms with Crippen LogP contribution >= 0.6 is 0 Å². The van der Waals surface area contributed by atoms with Crippen LogP contribution < -0.4 is 16.0 Å². The molecular formula is C26H31N3O6. The number of unbranched alkanes of at least 4 members (excludes halogenated alkanes) is 3. The van der Waals surface area contributed by atoms with Gasteiger partial charge in [-0.15, -0.1) is 0 Å². The number of nitrogens with one attached hydrogen (secondary N) is 3. The van der Waals surface area contributed by atoms with E-state index in [0.717, 1.165) is 19.3 Å². The zero-order valence-corrected chi connectivity index (χ0v) is 19.5. The number of fused-ring (bicyclic) bond motifs is 3. The summed E-state index contributed by atoms with van der Waals surface area (Å²) in [7, 11) is 0. The molecule has 3 rings (SSSR count). The summed E-state index contributed by atoms with van der Waals surface area (Å²) in [6, 6.07) is 16.4. The van der Waals surface area contributed by atoms with E-state index in [9.17, 15) is 19.2 Å². The number of carbonyl (C=O) groups is 4. The van der Waals surface area contributed by atoms with Crippen molar-refractivity contribution in [1.29, 1.82) is 0 Å². The van der Waals surface area contributed by atoms with Gasteiger partial charge in [-0.1, -0.05) is 61.4 Å². The molecule has 186 valence electrons. The van der Waals surface area contributed by atoms with Crippen LogP contribution in [0.25, 0.3) is 11.1 Å². The molecular weight excluding hydrogens is 450 g/mol. The fraction of sp³-hybridized carbons (Fsp3) is 0.385. The van der Waals surface area contributed by atoms with Crippen LogP contribution in [0.2, 0.25) is 0 Å². The summed E-state index contributed by atoms with van der Waals surface area (Å²) in [4.78, 5) is 45.6. The van der Waals surface area contributed by atoms with Crippen molar-refractivity contribution in [2.75, 3.05) is 26.2 Å². The Morgan fingerprint density at radius 3 is 2.00 bits per heavy atom. The molecule has 0 unspecified atom stereocenters. The molecule has 0 heterocycles. The molecule has 35 heavy (non-hydrogen) atoms. The minimum absolute atomic E-state index is 0.0301. The van der Waals surface area contributed by atoms with Gasteiger partial charge in [0, 0.05) is 18.9 Å². The molecule has 3 amide bonds. The van der Waals surface area contributed by atoms with Crippen LogP contribution in [-0.2, 0) is 19.1 Å². The molecule has 0 aliphatic heterocycles. The number of hydrogen-bond acceptors (Lipinski definition) is 5. The lowest BCUT2D eigenvalue weighted by Crippen LogP contribution is -2.38. The Balaban J connectivity index is 1.25. The molecule has 1 aliphatic rings. The summed E-state index contributed by atoms with van der Waals surface area (Å²) in [5.41, 5.74) is 4.72. The maximum Gasteiger partial charge on any atom is 0.407 e. The van der Waals surface area contributed by atoms with E-state index in [-0.39, 0.29) is 31.4 Å². The first-order chi connectivity index (χ1) is 17.0. The number of ether oxygens (including phenoxy) is 1. The standard InChI is InChI=1S/C26H31N3O6/c30-23(28-15-24(31)29-16-25(32)33)13-3-1-2-8-14-27-26(34)35-17-22-20-11-6-4-9-18(20)19-10-5-7-12-21(19)22/h4-7,9-12,22H,1-3,8,13-17H2,(H,27,34)(H,28,30)(H,29,31)(H,32,33). The smallest absolute Gasteiger partial charge is 0.407 e. The first kappa shape index (κ1) is 25.7. The van der Waals surface area contributed by atoms with E-state index in [4.69, 9.17) is 9.84 Å². The van der Waals surface area contributed by atoms with Gasteiger partial charge in [0.25, 0.3) is 0 Å². The lowest BCUT2D eigenvalue weighted by molar-refractivity contribution is -0.137. The van der Waals surface area contributed by atoms with E-state index in [1.165, 1.54) is 22.3 Å². The normalized spacial score (nSPS) is 11.8. The van der Waals surface area contributed by atoms with Gasteiger partial charge in [0.2, 0.25) is 11.8 Å². The number of hydrogen-bond donors (Lipinski definition) is 4. The fourth-order valence-corrected chi connectivity index (χ4v) is 4.11. The average Bonchev–Trinajstić information content (AvgIpc) is 3.18. The Kier molecular flexibility index (Phi) is 9.65. The van der Waals surface area contributed by atoms with Gasteiger partial charge in [0.05, 0.1) is 6.54 Å². The minimum Gasteiger partial charge on any atom is -0.480 e. The lowest BCUT2D eigenvalue weighted by atomic mass is 9.98. The van der Waals surface area contributed by atoms with Gasteiger partial charge in [-0.2, -0.15) is 0 Å². The molecule has 4 N–H and O–H groups in total. The van der Waals surface area contributed by atoms with Crippen molar-refractivity contribution in [3.05, 3.63) is 59.7 Å². The predicted molar refractivity (Wildman–Crippen MR) is 130 cm³/mol. The van der Waals surface area contributed by atoms with E-state index >= 15 is 0 Å².